The summed E-state index contributed by atoms with van der Waals surface area (Å²) in [5.41, 5.74) is 1.40. The van der Waals surface area contributed by atoms with Gasteiger partial charge in [-0.05, 0) is 80.1 Å². The van der Waals surface area contributed by atoms with E-state index >= 15 is 0 Å². The van der Waals surface area contributed by atoms with Gasteiger partial charge in [0.1, 0.15) is 11.6 Å². The van der Waals surface area contributed by atoms with Crippen LogP contribution < -0.4 is 14.8 Å². The van der Waals surface area contributed by atoms with Crippen LogP contribution in [-0.4, -0.2) is 20.4 Å². The Hall–Kier alpha value is -3.10. The van der Waals surface area contributed by atoms with E-state index in [4.69, 9.17) is 16.3 Å². The highest BCUT2D eigenvalue weighted by Crippen LogP contribution is 2.26. The van der Waals surface area contributed by atoms with E-state index in [0.717, 1.165) is 0 Å². The van der Waals surface area contributed by atoms with Gasteiger partial charge in [-0.2, -0.15) is 0 Å². The van der Waals surface area contributed by atoms with Crippen LogP contribution in [0.4, 0.5) is 15.8 Å². The van der Waals surface area contributed by atoms with Crippen LogP contribution >= 0.6 is 11.6 Å². The fourth-order valence-corrected chi connectivity index (χ4v) is 3.95. The molecule has 0 aliphatic heterocycles. The molecule has 0 aliphatic carbocycles. The third-order valence-electron chi connectivity index (χ3n) is 4.44. The minimum absolute atomic E-state index is 0.0282. The molecule has 0 unspecified atom stereocenters. The van der Waals surface area contributed by atoms with Gasteiger partial charge in [-0.3, -0.25) is 9.52 Å². The molecular formula is C22H20ClFN2O4S. The minimum Gasteiger partial charge on any atom is -0.481 e. The normalized spacial score (nSPS) is 12.1. The van der Waals surface area contributed by atoms with Gasteiger partial charge in [0.15, 0.2) is 6.10 Å². The van der Waals surface area contributed by atoms with Gasteiger partial charge in [0, 0.05) is 10.7 Å². The van der Waals surface area contributed by atoms with Crippen molar-refractivity contribution in [3.63, 3.8) is 0 Å². The molecule has 3 aromatic rings. The van der Waals surface area contributed by atoms with Crippen LogP contribution in [0.2, 0.25) is 5.02 Å². The molecule has 0 aliphatic rings. The summed E-state index contributed by atoms with van der Waals surface area (Å²) in [4.78, 5) is 12.4. The maximum Gasteiger partial charge on any atom is 0.265 e. The molecule has 3 aromatic carbocycles. The van der Waals surface area contributed by atoms with E-state index in [-0.39, 0.29) is 4.90 Å². The van der Waals surface area contributed by atoms with E-state index < -0.39 is 27.9 Å². The zero-order valence-corrected chi connectivity index (χ0v) is 18.3. The lowest BCUT2D eigenvalue weighted by molar-refractivity contribution is -0.122. The van der Waals surface area contributed by atoms with E-state index in [2.05, 4.69) is 10.0 Å². The number of anilines is 2. The summed E-state index contributed by atoms with van der Waals surface area (Å²) in [5.74, 6) is -0.486. The molecule has 0 heterocycles. The third kappa shape index (κ3) is 5.74. The van der Waals surface area contributed by atoms with Crippen molar-refractivity contribution in [3.05, 3.63) is 83.1 Å². The molecule has 0 aromatic heterocycles. The number of sulfonamides is 1. The van der Waals surface area contributed by atoms with Crippen molar-refractivity contribution in [1.82, 2.24) is 0 Å². The van der Waals surface area contributed by atoms with Crippen molar-refractivity contribution in [2.24, 2.45) is 0 Å². The molecule has 31 heavy (non-hydrogen) atoms. The number of carbonyl (C=O) groups excluding carboxylic acids is 1. The molecule has 0 saturated heterocycles. The quantitative estimate of drug-likeness (QED) is 0.517. The molecule has 3 rings (SSSR count). The van der Waals surface area contributed by atoms with Crippen LogP contribution in [-0.2, 0) is 14.8 Å². The Morgan fingerprint density at radius 3 is 2.32 bits per heavy atom. The van der Waals surface area contributed by atoms with Crippen molar-refractivity contribution in [3.8, 4) is 5.75 Å². The standard InChI is InChI=1S/C22H20ClFN2O4S/c1-14-20(23)4-3-5-21(14)26-31(28,29)19-12-8-17(9-13-19)25-22(27)15(2)30-18-10-6-16(24)7-11-18/h3-13,15,26H,1-2H3,(H,25,27)/t15-/m0/s1. The molecule has 1 atom stereocenters. The first-order chi connectivity index (χ1) is 14.7. The summed E-state index contributed by atoms with van der Waals surface area (Å²) in [6.45, 7) is 3.27. The maximum absolute atomic E-state index is 13.0. The largest absolute Gasteiger partial charge is 0.481 e. The molecule has 9 heteroatoms. The Morgan fingerprint density at radius 2 is 1.68 bits per heavy atom. The summed E-state index contributed by atoms with van der Waals surface area (Å²) >= 11 is 6.04. The lowest BCUT2D eigenvalue weighted by atomic mass is 10.2. The molecule has 162 valence electrons. The Balaban J connectivity index is 1.65. The van der Waals surface area contributed by atoms with E-state index in [0.29, 0.717) is 27.7 Å². The summed E-state index contributed by atoms with van der Waals surface area (Å²) in [6.07, 6.45) is -0.846. The number of amides is 1. The SMILES string of the molecule is Cc1c(Cl)cccc1NS(=O)(=O)c1ccc(NC(=O)[C@H](C)Oc2ccc(F)cc2)cc1. The number of hydrogen-bond donors (Lipinski definition) is 2. The van der Waals surface area contributed by atoms with Crippen LogP contribution in [0.15, 0.2) is 71.6 Å². The molecule has 0 spiro atoms. The Labute approximate surface area is 185 Å². The summed E-state index contributed by atoms with van der Waals surface area (Å²) in [5, 5.41) is 3.10. The van der Waals surface area contributed by atoms with Gasteiger partial charge in [-0.25, -0.2) is 12.8 Å². The Morgan fingerprint density at radius 1 is 1.03 bits per heavy atom. The van der Waals surface area contributed by atoms with Gasteiger partial charge in [0.2, 0.25) is 0 Å². The smallest absolute Gasteiger partial charge is 0.265 e. The van der Waals surface area contributed by atoms with Crippen LogP contribution in [0.25, 0.3) is 0 Å². The minimum atomic E-state index is -3.84. The molecule has 0 saturated carbocycles. The van der Waals surface area contributed by atoms with Gasteiger partial charge in [0.05, 0.1) is 10.6 Å². The molecule has 0 radical (unpaired) electrons. The van der Waals surface area contributed by atoms with Gasteiger partial charge >= 0.3 is 0 Å². The Bertz CT molecular complexity index is 1180. The highest BCUT2D eigenvalue weighted by molar-refractivity contribution is 7.92. The van der Waals surface area contributed by atoms with Crippen LogP contribution in [0, 0.1) is 12.7 Å². The second kappa shape index (κ2) is 9.36. The average Bonchev–Trinajstić information content (AvgIpc) is 2.73. The highest BCUT2D eigenvalue weighted by atomic mass is 35.5. The number of halogens is 2. The second-order valence-electron chi connectivity index (χ2n) is 6.75. The van der Waals surface area contributed by atoms with Gasteiger partial charge in [-0.1, -0.05) is 17.7 Å². The van der Waals surface area contributed by atoms with Crippen LogP contribution in [0.3, 0.4) is 0 Å². The fraction of sp³-hybridized carbons (Fsp3) is 0.136. The summed E-state index contributed by atoms with van der Waals surface area (Å²) in [7, 11) is -3.84. The lowest BCUT2D eigenvalue weighted by Crippen LogP contribution is -2.30. The number of hydrogen-bond acceptors (Lipinski definition) is 4. The van der Waals surface area contributed by atoms with Crippen molar-refractivity contribution in [2.75, 3.05) is 10.0 Å². The Kier molecular flexibility index (Phi) is 6.82. The molecule has 1 amide bonds. The fourth-order valence-electron chi connectivity index (χ4n) is 2.65. The first kappa shape index (κ1) is 22.6. The van der Waals surface area contributed by atoms with Crippen molar-refractivity contribution in [1.29, 1.82) is 0 Å². The number of ether oxygens (including phenoxy) is 1. The number of rotatable bonds is 7. The van der Waals surface area contributed by atoms with E-state index in [9.17, 15) is 17.6 Å². The maximum atomic E-state index is 13.0. The topological polar surface area (TPSA) is 84.5 Å². The third-order valence-corrected chi connectivity index (χ3v) is 6.23. The number of benzene rings is 3. The first-order valence-electron chi connectivity index (χ1n) is 9.27. The van der Waals surface area contributed by atoms with Crippen LogP contribution in [0.5, 0.6) is 5.75 Å². The van der Waals surface area contributed by atoms with E-state index in [1.54, 1.807) is 32.0 Å². The highest BCUT2D eigenvalue weighted by Gasteiger charge is 2.18. The van der Waals surface area contributed by atoms with Crippen molar-refractivity contribution in [2.45, 2.75) is 24.8 Å². The number of nitrogens with one attached hydrogen (secondary N) is 2. The second-order valence-corrected chi connectivity index (χ2v) is 8.84. The molecule has 0 bridgehead atoms. The zero-order chi connectivity index (χ0) is 22.6. The lowest BCUT2D eigenvalue weighted by Gasteiger charge is -2.15. The van der Waals surface area contributed by atoms with Crippen LogP contribution in [0.1, 0.15) is 12.5 Å². The summed E-state index contributed by atoms with van der Waals surface area (Å²) < 4.78 is 46.2. The first-order valence-corrected chi connectivity index (χ1v) is 11.1. The summed E-state index contributed by atoms with van der Waals surface area (Å²) in [6, 6.07) is 16.0. The monoisotopic (exact) mass is 462 g/mol. The van der Waals surface area contributed by atoms with Gasteiger partial charge in [-0.15, -0.1) is 0 Å². The average molecular weight is 463 g/mol. The molecule has 6 nitrogen and oxygen atoms in total. The number of carbonyl (C=O) groups is 1. The predicted octanol–water partition coefficient (Wildman–Crippen LogP) is 4.99. The van der Waals surface area contributed by atoms with Gasteiger partial charge < -0.3 is 10.1 Å². The molecule has 0 fully saturated rings. The predicted molar refractivity (Wildman–Crippen MR) is 119 cm³/mol. The molecule has 2 N–H and O–H groups in total. The van der Waals surface area contributed by atoms with Gasteiger partial charge in [0.25, 0.3) is 15.9 Å². The van der Waals surface area contributed by atoms with Crippen molar-refractivity contribution >= 4 is 38.9 Å². The molecular weight excluding hydrogens is 443 g/mol. The van der Waals surface area contributed by atoms with E-state index in [1.165, 1.54) is 48.5 Å². The van der Waals surface area contributed by atoms with E-state index in [1.807, 2.05) is 0 Å². The van der Waals surface area contributed by atoms with Crippen molar-refractivity contribution < 1.29 is 22.3 Å². The zero-order valence-electron chi connectivity index (χ0n) is 16.7.